The van der Waals surface area contributed by atoms with Crippen LogP contribution in [0.3, 0.4) is 0 Å². The summed E-state index contributed by atoms with van der Waals surface area (Å²) in [5.74, 6) is -0.818. The molecular weight excluding hydrogens is 436 g/mol. The van der Waals surface area contributed by atoms with Crippen LogP contribution in [0.1, 0.15) is 62.4 Å². The van der Waals surface area contributed by atoms with E-state index < -0.39 is 11.6 Å². The molecule has 182 valence electrons. The molecule has 3 saturated heterocycles. The molecule has 9 heteroatoms. The summed E-state index contributed by atoms with van der Waals surface area (Å²) in [5.41, 5.74) is 2.37. The SMILES string of the molecule is CC(C)(C)OC(=O)N1CCC2(CC1)CN(c1ccc3c(c1)CN([C@@H]1CCC(=O)NC1=O)C3=O)C2. The second-order valence-corrected chi connectivity index (χ2v) is 11.1. The maximum Gasteiger partial charge on any atom is 0.410 e. The summed E-state index contributed by atoms with van der Waals surface area (Å²) in [4.78, 5) is 54.7. The van der Waals surface area contributed by atoms with E-state index >= 15 is 0 Å². The molecule has 34 heavy (non-hydrogen) atoms. The minimum atomic E-state index is -0.594. The monoisotopic (exact) mass is 468 g/mol. The quantitative estimate of drug-likeness (QED) is 0.669. The first kappa shape index (κ1) is 22.7. The van der Waals surface area contributed by atoms with Crippen LogP contribution in [0.25, 0.3) is 0 Å². The first-order chi connectivity index (χ1) is 16.0. The number of amides is 4. The highest BCUT2D eigenvalue weighted by atomic mass is 16.6. The molecule has 3 fully saturated rings. The van der Waals surface area contributed by atoms with E-state index in [0.29, 0.717) is 31.6 Å². The summed E-state index contributed by atoms with van der Waals surface area (Å²) < 4.78 is 5.51. The number of fused-ring (bicyclic) bond motifs is 1. The number of nitrogens with zero attached hydrogens (tertiary/aromatic N) is 3. The summed E-state index contributed by atoms with van der Waals surface area (Å²) in [5, 5.41) is 2.34. The number of piperidine rings is 2. The molecule has 0 aromatic heterocycles. The van der Waals surface area contributed by atoms with Gasteiger partial charge in [0.1, 0.15) is 11.6 Å². The van der Waals surface area contributed by atoms with Gasteiger partial charge in [-0.3, -0.25) is 19.7 Å². The lowest BCUT2D eigenvalue weighted by Crippen LogP contribution is -2.61. The number of carbonyl (C=O) groups is 4. The molecule has 4 heterocycles. The van der Waals surface area contributed by atoms with E-state index in [0.717, 1.165) is 37.2 Å². The minimum absolute atomic E-state index is 0.148. The molecule has 1 spiro atoms. The van der Waals surface area contributed by atoms with Crippen LogP contribution in [0.2, 0.25) is 0 Å². The van der Waals surface area contributed by atoms with Gasteiger partial charge >= 0.3 is 6.09 Å². The molecule has 4 aliphatic heterocycles. The lowest BCUT2D eigenvalue weighted by molar-refractivity contribution is -0.136. The van der Waals surface area contributed by atoms with Crippen LogP contribution >= 0.6 is 0 Å². The highest BCUT2D eigenvalue weighted by molar-refractivity contribution is 6.05. The Morgan fingerprint density at radius 3 is 2.47 bits per heavy atom. The molecule has 0 unspecified atom stereocenters. The van der Waals surface area contributed by atoms with Crippen molar-refractivity contribution in [2.45, 2.75) is 64.6 Å². The fourth-order valence-electron chi connectivity index (χ4n) is 5.51. The van der Waals surface area contributed by atoms with Gasteiger partial charge in [0.25, 0.3) is 5.91 Å². The van der Waals surface area contributed by atoms with Crippen molar-refractivity contribution >= 4 is 29.5 Å². The number of benzene rings is 1. The largest absolute Gasteiger partial charge is 0.444 e. The highest BCUT2D eigenvalue weighted by Crippen LogP contribution is 2.43. The van der Waals surface area contributed by atoms with Gasteiger partial charge in [-0.15, -0.1) is 0 Å². The third kappa shape index (κ3) is 4.12. The number of nitrogens with one attached hydrogen (secondary N) is 1. The van der Waals surface area contributed by atoms with E-state index in [9.17, 15) is 19.2 Å². The summed E-state index contributed by atoms with van der Waals surface area (Å²) in [6.45, 7) is 9.32. The Morgan fingerprint density at radius 2 is 1.82 bits per heavy atom. The fourth-order valence-corrected chi connectivity index (χ4v) is 5.51. The highest BCUT2D eigenvalue weighted by Gasteiger charge is 2.46. The average Bonchev–Trinajstić information content (AvgIpc) is 3.06. The zero-order valence-corrected chi connectivity index (χ0v) is 20.1. The molecule has 4 amide bonds. The number of ether oxygens (including phenoxy) is 1. The van der Waals surface area contributed by atoms with E-state index in [4.69, 9.17) is 4.74 Å². The molecule has 1 aromatic carbocycles. The number of hydrogen-bond acceptors (Lipinski definition) is 6. The molecule has 1 N–H and O–H groups in total. The molecule has 0 saturated carbocycles. The van der Waals surface area contributed by atoms with Gasteiger partial charge in [-0.25, -0.2) is 4.79 Å². The molecular formula is C25H32N4O5. The van der Waals surface area contributed by atoms with Crippen LogP contribution in [0, 0.1) is 5.41 Å². The smallest absolute Gasteiger partial charge is 0.410 e. The van der Waals surface area contributed by atoms with Crippen molar-refractivity contribution in [2.75, 3.05) is 31.1 Å². The van der Waals surface area contributed by atoms with Crippen molar-refractivity contribution < 1.29 is 23.9 Å². The fraction of sp³-hybridized carbons (Fsp3) is 0.600. The molecule has 4 aliphatic rings. The number of imide groups is 1. The van der Waals surface area contributed by atoms with E-state index in [2.05, 4.69) is 16.3 Å². The molecule has 0 bridgehead atoms. The predicted molar refractivity (Wildman–Crippen MR) is 124 cm³/mol. The van der Waals surface area contributed by atoms with Gasteiger partial charge in [0.05, 0.1) is 0 Å². The standard InChI is InChI=1S/C25H32N4O5/c1-24(2,3)34-23(33)27-10-8-25(9-11-27)14-28(15-25)17-4-5-18-16(12-17)13-29(22(18)32)19-6-7-20(30)26-21(19)31/h4-5,12,19H,6-11,13-15H2,1-3H3,(H,26,30,31)/t19-/m1/s1. The minimum Gasteiger partial charge on any atom is -0.444 e. The second-order valence-electron chi connectivity index (χ2n) is 11.1. The lowest BCUT2D eigenvalue weighted by atomic mass is 9.72. The lowest BCUT2D eigenvalue weighted by Gasteiger charge is -2.55. The van der Waals surface area contributed by atoms with Gasteiger partial charge in [-0.1, -0.05) is 0 Å². The Bertz CT molecular complexity index is 1050. The molecule has 5 rings (SSSR count). The number of anilines is 1. The van der Waals surface area contributed by atoms with Gasteiger partial charge in [-0.05, 0) is 63.8 Å². The van der Waals surface area contributed by atoms with Crippen molar-refractivity contribution in [3.8, 4) is 0 Å². The van der Waals surface area contributed by atoms with Crippen LogP contribution in [-0.4, -0.2) is 71.4 Å². The number of carbonyl (C=O) groups excluding carboxylic acids is 4. The zero-order chi connectivity index (χ0) is 24.3. The zero-order valence-electron chi connectivity index (χ0n) is 20.1. The first-order valence-electron chi connectivity index (χ1n) is 12.0. The van der Waals surface area contributed by atoms with E-state index in [1.54, 1.807) is 4.90 Å². The summed E-state index contributed by atoms with van der Waals surface area (Å²) in [7, 11) is 0. The topological polar surface area (TPSA) is 99.3 Å². The van der Waals surface area contributed by atoms with Crippen molar-refractivity contribution in [1.29, 1.82) is 0 Å². The molecule has 0 aliphatic carbocycles. The Labute approximate surface area is 199 Å². The van der Waals surface area contributed by atoms with E-state index in [1.165, 1.54) is 0 Å². The van der Waals surface area contributed by atoms with Crippen LogP contribution < -0.4 is 10.2 Å². The van der Waals surface area contributed by atoms with Gasteiger partial charge in [0, 0.05) is 55.8 Å². The maximum absolute atomic E-state index is 12.9. The Morgan fingerprint density at radius 1 is 1.12 bits per heavy atom. The number of hydrogen-bond donors (Lipinski definition) is 1. The third-order valence-corrected chi connectivity index (χ3v) is 7.40. The summed E-state index contributed by atoms with van der Waals surface area (Å²) in [6, 6.07) is 5.30. The summed E-state index contributed by atoms with van der Waals surface area (Å²) in [6.07, 6.45) is 2.29. The summed E-state index contributed by atoms with van der Waals surface area (Å²) >= 11 is 0. The normalized spacial score (nSPS) is 24.1. The van der Waals surface area contributed by atoms with Crippen molar-refractivity contribution in [3.05, 3.63) is 29.3 Å². The number of rotatable bonds is 2. The van der Waals surface area contributed by atoms with E-state index in [-0.39, 0.29) is 35.7 Å². The molecule has 0 radical (unpaired) electrons. The van der Waals surface area contributed by atoms with E-state index in [1.807, 2.05) is 37.8 Å². The van der Waals surface area contributed by atoms with Crippen LogP contribution in [0.5, 0.6) is 0 Å². The molecule has 1 aromatic rings. The maximum atomic E-state index is 12.9. The Kier molecular flexibility index (Phi) is 5.33. The van der Waals surface area contributed by atoms with Gasteiger partial charge in [0.15, 0.2) is 0 Å². The molecule has 1 atom stereocenters. The van der Waals surface area contributed by atoms with Crippen LogP contribution in [0.15, 0.2) is 18.2 Å². The second kappa shape index (κ2) is 7.99. The van der Waals surface area contributed by atoms with Crippen molar-refractivity contribution in [2.24, 2.45) is 5.41 Å². The van der Waals surface area contributed by atoms with Crippen LogP contribution in [0.4, 0.5) is 10.5 Å². The van der Waals surface area contributed by atoms with Crippen LogP contribution in [-0.2, 0) is 20.9 Å². The van der Waals surface area contributed by atoms with Gasteiger partial charge in [-0.2, -0.15) is 0 Å². The van der Waals surface area contributed by atoms with Crippen molar-refractivity contribution in [1.82, 2.24) is 15.1 Å². The van der Waals surface area contributed by atoms with Gasteiger partial charge < -0.3 is 19.4 Å². The predicted octanol–water partition coefficient (Wildman–Crippen LogP) is 2.28. The average molecular weight is 469 g/mol. The number of likely N-dealkylation sites (tertiary alicyclic amines) is 1. The Hall–Kier alpha value is -3.10. The Balaban J connectivity index is 1.19. The van der Waals surface area contributed by atoms with Gasteiger partial charge in [0.2, 0.25) is 11.8 Å². The first-order valence-corrected chi connectivity index (χ1v) is 12.0. The van der Waals surface area contributed by atoms with Crippen molar-refractivity contribution in [3.63, 3.8) is 0 Å². The third-order valence-electron chi connectivity index (χ3n) is 7.40. The molecule has 9 nitrogen and oxygen atoms in total.